The summed E-state index contributed by atoms with van der Waals surface area (Å²) in [5.74, 6) is -4.83. The molecule has 0 aromatic heterocycles. The van der Waals surface area contributed by atoms with Gasteiger partial charge in [-0.25, -0.2) is 0 Å². The van der Waals surface area contributed by atoms with Crippen LogP contribution in [0.15, 0.2) is 34.8 Å². The third-order valence-corrected chi connectivity index (χ3v) is 6.93. The first-order valence-electron chi connectivity index (χ1n) is 10.2. The summed E-state index contributed by atoms with van der Waals surface area (Å²) in [7, 11) is 6.89. The number of benzene rings is 1. The number of aliphatic hydroxyl groups is 3. The predicted molar refractivity (Wildman–Crippen MR) is 114 cm³/mol. The number of fused-ring (bicyclic) bond motifs is 3. The number of ketones is 2. The number of carbonyl (C=O) groups is 2. The molecule has 4 N–H and O–H groups in total. The van der Waals surface area contributed by atoms with Crippen molar-refractivity contribution in [3.63, 3.8) is 0 Å². The van der Waals surface area contributed by atoms with E-state index in [1.54, 1.807) is 31.1 Å². The van der Waals surface area contributed by atoms with Gasteiger partial charge in [0.2, 0.25) is 5.78 Å². The number of aromatic hydroxyl groups is 1. The van der Waals surface area contributed by atoms with E-state index in [1.807, 2.05) is 19.0 Å². The number of phenols is 1. The molecule has 3 aliphatic carbocycles. The fourth-order valence-electron chi connectivity index (χ4n) is 5.52. The molecule has 0 heterocycles. The lowest BCUT2D eigenvalue weighted by molar-refractivity contribution is -0.146. The predicted octanol–water partition coefficient (Wildman–Crippen LogP) is 1.22. The van der Waals surface area contributed by atoms with E-state index in [0.717, 1.165) is 5.69 Å². The molecule has 0 saturated heterocycles. The molecule has 1 aromatic rings. The first kappa shape index (κ1) is 21.9. The monoisotopic (exact) mass is 439 g/mol. The van der Waals surface area contributed by atoms with Crippen LogP contribution in [0.1, 0.15) is 22.3 Å². The van der Waals surface area contributed by atoms with Crippen LogP contribution in [0.4, 0.5) is 5.69 Å². The number of hydrogen-bond donors (Lipinski definition) is 4. The van der Waals surface area contributed by atoms with Crippen molar-refractivity contribution in [1.29, 1.82) is 5.26 Å². The summed E-state index contributed by atoms with van der Waals surface area (Å²) in [5.41, 5.74) is -1.92. The summed E-state index contributed by atoms with van der Waals surface area (Å²) in [4.78, 5) is 29.9. The number of aliphatic hydroxyl groups excluding tert-OH is 2. The van der Waals surface area contributed by atoms with Gasteiger partial charge < -0.3 is 25.3 Å². The maximum absolute atomic E-state index is 13.5. The van der Waals surface area contributed by atoms with Gasteiger partial charge in [-0.2, -0.15) is 5.26 Å². The fourth-order valence-corrected chi connectivity index (χ4v) is 5.52. The maximum Gasteiger partial charge on any atom is 0.216 e. The molecule has 0 aliphatic heterocycles. The first-order valence-corrected chi connectivity index (χ1v) is 10.2. The van der Waals surface area contributed by atoms with Crippen molar-refractivity contribution in [3.05, 3.63) is 45.9 Å². The Bertz CT molecular complexity index is 1160. The lowest BCUT2D eigenvalue weighted by Crippen LogP contribution is -2.62. The standard InChI is InChI=1S/C23H25N3O6/c1-25(2)14-5-6-15(27)17-11(14)7-10-8-13-18(26(3)4)19(28)12(9-24)21(30)23(13,32)22(31)16(10)20(17)29/h5-6,10,13,18,27-28,31-32H,7-8H2,1-4H3/t10-,13-,18-,23+/m0/s1. The Labute approximate surface area is 185 Å². The summed E-state index contributed by atoms with van der Waals surface area (Å²) in [6.07, 6.45) is 0.403. The lowest BCUT2D eigenvalue weighted by atomic mass is 9.58. The number of likely N-dealkylation sites (N-methyl/N-ethyl adjacent to an activating group) is 1. The number of phenolic OH excluding ortho intramolecular Hbond substituents is 1. The van der Waals surface area contributed by atoms with Crippen molar-refractivity contribution in [2.45, 2.75) is 24.5 Å². The molecule has 0 saturated carbocycles. The van der Waals surface area contributed by atoms with Gasteiger partial charge in [-0.1, -0.05) is 0 Å². The second-order valence-corrected chi connectivity index (χ2v) is 9.06. The molecule has 9 heteroatoms. The van der Waals surface area contributed by atoms with Crippen LogP contribution in [0.2, 0.25) is 0 Å². The van der Waals surface area contributed by atoms with Crippen LogP contribution in [0.25, 0.3) is 0 Å². The molecule has 1 aromatic carbocycles. The van der Waals surface area contributed by atoms with Gasteiger partial charge in [0.1, 0.15) is 28.9 Å². The average molecular weight is 439 g/mol. The minimum Gasteiger partial charge on any atom is -0.509 e. The minimum absolute atomic E-state index is 0.0300. The Kier molecular flexibility index (Phi) is 4.84. The van der Waals surface area contributed by atoms with Gasteiger partial charge in [0.05, 0.1) is 11.6 Å². The summed E-state index contributed by atoms with van der Waals surface area (Å²) in [6, 6.07) is 3.81. The Morgan fingerprint density at radius 1 is 1.12 bits per heavy atom. The van der Waals surface area contributed by atoms with E-state index in [0.29, 0.717) is 12.0 Å². The zero-order valence-corrected chi connectivity index (χ0v) is 18.2. The summed E-state index contributed by atoms with van der Waals surface area (Å²) < 4.78 is 0. The third-order valence-electron chi connectivity index (χ3n) is 6.93. The molecule has 0 unspecified atom stereocenters. The number of nitriles is 1. The highest BCUT2D eigenvalue weighted by Gasteiger charge is 2.62. The molecule has 0 bridgehead atoms. The fraction of sp³-hybridized carbons (Fsp3) is 0.435. The smallest absolute Gasteiger partial charge is 0.216 e. The van der Waals surface area contributed by atoms with Crippen molar-refractivity contribution < 1.29 is 30.0 Å². The number of Topliss-reactive ketones (excluding diaryl/α,β-unsaturated/α-hetero) is 2. The van der Waals surface area contributed by atoms with Crippen molar-refractivity contribution in [1.82, 2.24) is 4.90 Å². The van der Waals surface area contributed by atoms with Crippen LogP contribution in [-0.4, -0.2) is 76.7 Å². The van der Waals surface area contributed by atoms with Gasteiger partial charge in [0.15, 0.2) is 11.4 Å². The van der Waals surface area contributed by atoms with Crippen molar-refractivity contribution >= 4 is 17.3 Å². The summed E-state index contributed by atoms with van der Waals surface area (Å²) in [6.45, 7) is 0. The molecular weight excluding hydrogens is 414 g/mol. The normalized spacial score (nSPS) is 29.5. The Hall–Kier alpha value is -3.35. The van der Waals surface area contributed by atoms with E-state index in [1.165, 1.54) is 6.07 Å². The molecule has 0 radical (unpaired) electrons. The number of nitrogens with zero attached hydrogens (tertiary/aromatic N) is 3. The summed E-state index contributed by atoms with van der Waals surface area (Å²) in [5, 5.41) is 53.1. The van der Waals surface area contributed by atoms with Gasteiger partial charge in [0.25, 0.3) is 0 Å². The Morgan fingerprint density at radius 2 is 1.78 bits per heavy atom. The van der Waals surface area contributed by atoms with Crippen molar-refractivity contribution in [2.24, 2.45) is 11.8 Å². The SMILES string of the molecule is CN(C)c1ccc(O)c2c1C[C@H]1C[C@H]3[C@H](N(C)C)C(O)=C(C#N)C(=O)[C@@]3(O)C(O)=C1C2=O. The van der Waals surface area contributed by atoms with Crippen LogP contribution in [0, 0.1) is 23.2 Å². The van der Waals surface area contributed by atoms with E-state index in [4.69, 9.17) is 0 Å². The van der Waals surface area contributed by atoms with E-state index >= 15 is 0 Å². The van der Waals surface area contributed by atoms with E-state index < -0.39 is 52.1 Å². The van der Waals surface area contributed by atoms with E-state index in [2.05, 4.69) is 0 Å². The third kappa shape index (κ3) is 2.63. The molecule has 3 aliphatic rings. The number of allylic oxidation sites excluding steroid dienone is 1. The number of anilines is 1. The number of rotatable bonds is 2. The zero-order valence-electron chi connectivity index (χ0n) is 18.2. The highest BCUT2D eigenvalue weighted by atomic mass is 16.3. The van der Waals surface area contributed by atoms with Gasteiger partial charge in [0, 0.05) is 31.3 Å². The second-order valence-electron chi connectivity index (χ2n) is 9.06. The number of hydrogen-bond acceptors (Lipinski definition) is 9. The molecular formula is C23H25N3O6. The van der Waals surface area contributed by atoms with Crippen LogP contribution in [0.3, 0.4) is 0 Å². The quantitative estimate of drug-likeness (QED) is 0.534. The maximum atomic E-state index is 13.5. The molecule has 168 valence electrons. The molecule has 9 nitrogen and oxygen atoms in total. The highest BCUT2D eigenvalue weighted by molar-refractivity contribution is 6.16. The first-order chi connectivity index (χ1) is 15.0. The number of carbonyl (C=O) groups excluding carboxylic acids is 2. The molecule has 0 amide bonds. The minimum atomic E-state index is -2.53. The molecule has 0 fully saturated rings. The van der Waals surface area contributed by atoms with Gasteiger partial charge in [-0.15, -0.1) is 0 Å². The van der Waals surface area contributed by atoms with Gasteiger partial charge >= 0.3 is 0 Å². The Morgan fingerprint density at radius 3 is 2.34 bits per heavy atom. The Balaban J connectivity index is 1.97. The van der Waals surface area contributed by atoms with E-state index in [-0.39, 0.29) is 23.3 Å². The molecule has 0 spiro atoms. The van der Waals surface area contributed by atoms with Crippen LogP contribution in [0.5, 0.6) is 5.75 Å². The van der Waals surface area contributed by atoms with E-state index in [9.17, 15) is 35.3 Å². The van der Waals surface area contributed by atoms with Crippen LogP contribution >= 0.6 is 0 Å². The van der Waals surface area contributed by atoms with Crippen molar-refractivity contribution in [3.8, 4) is 11.8 Å². The molecule has 4 atom stereocenters. The van der Waals surface area contributed by atoms with Crippen LogP contribution in [-0.2, 0) is 11.2 Å². The second kappa shape index (κ2) is 7.08. The van der Waals surface area contributed by atoms with Crippen molar-refractivity contribution in [2.75, 3.05) is 33.1 Å². The van der Waals surface area contributed by atoms with Crippen LogP contribution < -0.4 is 4.90 Å². The van der Waals surface area contributed by atoms with Gasteiger partial charge in [-0.05, 0) is 50.6 Å². The molecule has 32 heavy (non-hydrogen) atoms. The van der Waals surface area contributed by atoms with Gasteiger partial charge in [-0.3, -0.25) is 14.5 Å². The topological polar surface area (TPSA) is 145 Å². The average Bonchev–Trinajstić information content (AvgIpc) is 2.70. The summed E-state index contributed by atoms with van der Waals surface area (Å²) >= 11 is 0. The largest absolute Gasteiger partial charge is 0.509 e. The zero-order chi connectivity index (χ0) is 23.7. The highest BCUT2D eigenvalue weighted by Crippen LogP contribution is 2.52. The molecule has 4 rings (SSSR count). The lowest BCUT2D eigenvalue weighted by Gasteiger charge is -2.49.